The third-order valence-corrected chi connectivity index (χ3v) is 4.27. The van der Waals surface area contributed by atoms with Crippen LogP contribution in [-0.4, -0.2) is 34.4 Å². The number of halogens is 2. The first-order valence-electron chi connectivity index (χ1n) is 9.64. The van der Waals surface area contributed by atoms with Crippen molar-refractivity contribution in [1.29, 1.82) is 5.41 Å². The van der Waals surface area contributed by atoms with Crippen molar-refractivity contribution >= 4 is 47.9 Å². The van der Waals surface area contributed by atoms with Crippen molar-refractivity contribution in [2.75, 3.05) is 16.8 Å². The third-order valence-electron chi connectivity index (χ3n) is 4.27. The van der Waals surface area contributed by atoms with Gasteiger partial charge in [-0.1, -0.05) is 12.1 Å². The van der Waals surface area contributed by atoms with Gasteiger partial charge in [0.05, 0.1) is 31.2 Å². The molecule has 0 unspecified atom stereocenters. The quantitative estimate of drug-likeness (QED) is 0.274. The highest BCUT2D eigenvalue weighted by atomic mass is 35.5. The first-order chi connectivity index (χ1) is 14.4. The van der Waals surface area contributed by atoms with Crippen molar-refractivity contribution in [3.05, 3.63) is 72.3 Å². The van der Waals surface area contributed by atoms with Crippen molar-refractivity contribution in [2.24, 2.45) is 5.73 Å². The Bertz CT molecular complexity index is 994. The van der Waals surface area contributed by atoms with Gasteiger partial charge in [0, 0.05) is 23.1 Å². The van der Waals surface area contributed by atoms with Gasteiger partial charge >= 0.3 is 0 Å². The van der Waals surface area contributed by atoms with E-state index in [0.717, 1.165) is 17.1 Å². The molecule has 0 fully saturated rings. The lowest BCUT2D eigenvalue weighted by Gasteiger charge is -2.24. The van der Waals surface area contributed by atoms with Crippen LogP contribution in [0.4, 0.5) is 11.4 Å². The number of amides is 1. The lowest BCUT2D eigenvalue weighted by Crippen LogP contribution is -2.33. The maximum Gasteiger partial charge on any atom is 0.243 e. The number of ether oxygens (including phenoxy) is 1. The Balaban J connectivity index is 0.00000256. The Morgan fingerprint density at radius 2 is 1.94 bits per heavy atom. The van der Waals surface area contributed by atoms with Gasteiger partial charge < -0.3 is 25.7 Å². The molecule has 0 saturated carbocycles. The zero-order chi connectivity index (χ0) is 21.5. The van der Waals surface area contributed by atoms with Crippen LogP contribution >= 0.6 is 24.8 Å². The van der Waals surface area contributed by atoms with Crippen LogP contribution in [0, 0.1) is 5.41 Å². The molecule has 32 heavy (non-hydrogen) atoms. The number of carbonyl (C=O) groups excluding carboxylic acids is 1. The number of anilines is 2. The third kappa shape index (κ3) is 7.79. The lowest BCUT2D eigenvalue weighted by atomic mass is 10.1. The van der Waals surface area contributed by atoms with Gasteiger partial charge in [-0.3, -0.25) is 10.2 Å². The standard InChI is InChI=1S/C22H26N6O2.2ClH/c1-15(2)30-20-8-6-17(7-9-20)27-21(29)13-28(12-18-11-25-14-26-18)19-5-3-4-16(10-19)22(23)24;;/h3-11,14-15H,12-13H2,1-2H3,(H3,23,24)(H,25,26)(H,27,29);2*1H. The largest absolute Gasteiger partial charge is 0.491 e. The van der Waals surface area contributed by atoms with Crippen LogP contribution in [0.2, 0.25) is 0 Å². The zero-order valence-corrected chi connectivity index (χ0v) is 19.5. The van der Waals surface area contributed by atoms with E-state index in [1.807, 2.05) is 55.1 Å². The minimum atomic E-state index is -0.170. The van der Waals surface area contributed by atoms with Gasteiger partial charge in [0.1, 0.15) is 11.6 Å². The predicted molar refractivity (Wildman–Crippen MR) is 132 cm³/mol. The van der Waals surface area contributed by atoms with E-state index < -0.39 is 0 Å². The number of hydrogen-bond donors (Lipinski definition) is 4. The molecule has 1 heterocycles. The molecule has 0 aliphatic carbocycles. The number of H-pyrrole nitrogens is 1. The van der Waals surface area contributed by atoms with Gasteiger partial charge in [-0.2, -0.15) is 0 Å². The van der Waals surface area contributed by atoms with Crippen LogP contribution in [0.1, 0.15) is 25.1 Å². The predicted octanol–water partition coefficient (Wildman–Crippen LogP) is 3.97. The number of aromatic amines is 1. The lowest BCUT2D eigenvalue weighted by molar-refractivity contribution is -0.115. The number of benzene rings is 2. The Morgan fingerprint density at radius 1 is 1.22 bits per heavy atom. The number of nitrogens with two attached hydrogens (primary N) is 1. The molecule has 0 spiro atoms. The second kappa shape index (κ2) is 12.6. The summed E-state index contributed by atoms with van der Waals surface area (Å²) in [7, 11) is 0. The summed E-state index contributed by atoms with van der Waals surface area (Å²) in [6.45, 7) is 4.47. The van der Waals surface area contributed by atoms with Crippen LogP contribution in [0.3, 0.4) is 0 Å². The molecule has 2 aromatic carbocycles. The molecule has 0 bridgehead atoms. The molecule has 10 heteroatoms. The van der Waals surface area contributed by atoms with Crippen molar-refractivity contribution in [3.8, 4) is 5.75 Å². The fourth-order valence-corrected chi connectivity index (χ4v) is 2.94. The van der Waals surface area contributed by atoms with Gasteiger partial charge in [-0.25, -0.2) is 4.98 Å². The minimum absolute atomic E-state index is 0. The second-order valence-electron chi connectivity index (χ2n) is 7.12. The highest BCUT2D eigenvalue weighted by Gasteiger charge is 2.15. The molecule has 1 amide bonds. The molecule has 172 valence electrons. The Labute approximate surface area is 199 Å². The average molecular weight is 479 g/mol. The van der Waals surface area contributed by atoms with Gasteiger partial charge in [0.15, 0.2) is 0 Å². The summed E-state index contributed by atoms with van der Waals surface area (Å²) in [5.74, 6) is 0.560. The van der Waals surface area contributed by atoms with Crippen molar-refractivity contribution in [1.82, 2.24) is 9.97 Å². The summed E-state index contributed by atoms with van der Waals surface area (Å²) >= 11 is 0. The molecular formula is C22H28Cl2N6O2. The number of rotatable bonds is 9. The molecule has 3 aromatic rings. The SMILES string of the molecule is CC(C)Oc1ccc(NC(=O)CN(Cc2c[nH]cn2)c2cccc(C(=N)N)c2)cc1.Cl.Cl. The number of nitrogens with one attached hydrogen (secondary N) is 3. The van der Waals surface area contributed by atoms with E-state index in [0.29, 0.717) is 17.8 Å². The summed E-state index contributed by atoms with van der Waals surface area (Å²) < 4.78 is 5.63. The molecule has 5 N–H and O–H groups in total. The number of amidine groups is 1. The number of hydrogen-bond acceptors (Lipinski definition) is 5. The van der Waals surface area contributed by atoms with Crippen molar-refractivity contribution in [3.63, 3.8) is 0 Å². The molecule has 8 nitrogen and oxygen atoms in total. The van der Waals surface area contributed by atoms with Crippen molar-refractivity contribution in [2.45, 2.75) is 26.5 Å². The van der Waals surface area contributed by atoms with Gasteiger partial charge in [0.25, 0.3) is 0 Å². The Hall–Kier alpha value is -3.23. The highest BCUT2D eigenvalue weighted by molar-refractivity contribution is 5.97. The van der Waals surface area contributed by atoms with E-state index >= 15 is 0 Å². The maximum absolute atomic E-state index is 12.7. The average Bonchev–Trinajstić information content (AvgIpc) is 3.22. The molecular weight excluding hydrogens is 451 g/mol. The Kier molecular flexibility index (Phi) is 10.5. The zero-order valence-electron chi connectivity index (χ0n) is 17.9. The monoisotopic (exact) mass is 478 g/mol. The number of imidazole rings is 1. The number of nitrogen functional groups attached to an aromatic ring is 1. The summed E-state index contributed by atoms with van der Waals surface area (Å²) in [4.78, 5) is 21.8. The Morgan fingerprint density at radius 3 is 2.53 bits per heavy atom. The van der Waals surface area contributed by atoms with Crippen LogP contribution in [0.15, 0.2) is 61.1 Å². The molecule has 0 atom stereocenters. The fourth-order valence-electron chi connectivity index (χ4n) is 2.94. The van der Waals surface area contributed by atoms with E-state index in [1.54, 1.807) is 24.7 Å². The molecule has 0 aliphatic heterocycles. The number of aromatic nitrogens is 2. The van der Waals surface area contributed by atoms with Crippen LogP contribution < -0.4 is 20.7 Å². The smallest absolute Gasteiger partial charge is 0.243 e. The highest BCUT2D eigenvalue weighted by Crippen LogP contribution is 2.20. The maximum atomic E-state index is 12.7. The van der Waals surface area contributed by atoms with Crippen molar-refractivity contribution < 1.29 is 9.53 Å². The van der Waals surface area contributed by atoms with Gasteiger partial charge in [-0.15, -0.1) is 24.8 Å². The van der Waals surface area contributed by atoms with E-state index in [-0.39, 0.29) is 49.2 Å². The summed E-state index contributed by atoms with van der Waals surface area (Å²) in [5, 5.41) is 10.6. The van der Waals surface area contributed by atoms with E-state index in [9.17, 15) is 4.79 Å². The summed E-state index contributed by atoms with van der Waals surface area (Å²) in [6.07, 6.45) is 3.47. The normalized spacial score (nSPS) is 9.97. The van der Waals surface area contributed by atoms with E-state index in [1.165, 1.54) is 0 Å². The summed E-state index contributed by atoms with van der Waals surface area (Å²) in [5.41, 5.74) is 8.49. The first-order valence-corrected chi connectivity index (χ1v) is 9.64. The molecule has 0 saturated heterocycles. The van der Waals surface area contributed by atoms with E-state index in [4.69, 9.17) is 15.9 Å². The van der Waals surface area contributed by atoms with Crippen LogP contribution in [0.5, 0.6) is 5.75 Å². The molecule has 1 aromatic heterocycles. The van der Waals surface area contributed by atoms with Gasteiger partial charge in [0.2, 0.25) is 5.91 Å². The number of nitrogens with zero attached hydrogens (tertiary/aromatic N) is 2. The summed E-state index contributed by atoms with van der Waals surface area (Å²) in [6, 6.07) is 14.5. The number of carbonyl (C=O) groups is 1. The van der Waals surface area contributed by atoms with E-state index in [2.05, 4.69) is 15.3 Å². The molecule has 3 rings (SSSR count). The molecule has 0 radical (unpaired) electrons. The first kappa shape index (κ1) is 26.8. The van der Waals surface area contributed by atoms with Gasteiger partial charge in [-0.05, 0) is 50.2 Å². The minimum Gasteiger partial charge on any atom is -0.491 e. The fraction of sp³-hybridized carbons (Fsp3) is 0.227. The van der Waals surface area contributed by atoms with Crippen LogP contribution in [-0.2, 0) is 11.3 Å². The topological polar surface area (TPSA) is 120 Å². The molecule has 0 aliphatic rings. The van der Waals surface area contributed by atoms with Crippen LogP contribution in [0.25, 0.3) is 0 Å². The second-order valence-corrected chi connectivity index (χ2v) is 7.12.